The average Bonchev–Trinajstić information content (AvgIpc) is 2.16. The summed E-state index contributed by atoms with van der Waals surface area (Å²) in [6, 6.07) is 4.23. The van der Waals surface area contributed by atoms with E-state index in [1.807, 2.05) is 7.05 Å². The molecule has 0 spiro atoms. The van der Waals surface area contributed by atoms with Gasteiger partial charge in [0.15, 0.2) is 0 Å². The molecule has 0 amide bonds. The minimum atomic E-state index is 0.587. The first-order valence-electron chi connectivity index (χ1n) is 4.82. The Labute approximate surface area is 79.9 Å². The number of hydrogen-bond acceptors (Lipinski definition) is 1. The molecule has 1 aromatic heterocycles. The van der Waals surface area contributed by atoms with E-state index < -0.39 is 0 Å². The van der Waals surface area contributed by atoms with Crippen LogP contribution in [0.2, 0.25) is 0 Å². The molecule has 0 aliphatic carbocycles. The molecule has 0 saturated carbocycles. The highest BCUT2D eigenvalue weighted by Crippen LogP contribution is 2.11. The van der Waals surface area contributed by atoms with E-state index in [0.29, 0.717) is 5.92 Å². The van der Waals surface area contributed by atoms with Crippen molar-refractivity contribution in [2.75, 3.05) is 7.05 Å². The van der Waals surface area contributed by atoms with Gasteiger partial charge in [0.25, 0.3) is 0 Å². The van der Waals surface area contributed by atoms with Crippen molar-refractivity contribution in [3.63, 3.8) is 0 Å². The van der Waals surface area contributed by atoms with Crippen molar-refractivity contribution >= 4 is 0 Å². The summed E-state index contributed by atoms with van der Waals surface area (Å²) in [5.74, 6) is 0.587. The van der Waals surface area contributed by atoms with E-state index in [1.165, 1.54) is 5.56 Å². The van der Waals surface area contributed by atoms with Crippen molar-refractivity contribution in [1.82, 2.24) is 4.57 Å². The predicted molar refractivity (Wildman–Crippen MR) is 55.7 cm³/mol. The van der Waals surface area contributed by atoms with Gasteiger partial charge in [-0.05, 0) is 24.5 Å². The smallest absolute Gasteiger partial charge is 0.127 e. The van der Waals surface area contributed by atoms with E-state index in [0.717, 1.165) is 12.0 Å². The van der Waals surface area contributed by atoms with Gasteiger partial charge in [-0.2, -0.15) is 0 Å². The molecule has 0 bridgehead atoms. The van der Waals surface area contributed by atoms with Crippen LogP contribution in [-0.4, -0.2) is 11.6 Å². The lowest BCUT2D eigenvalue weighted by molar-refractivity contribution is 0.691. The highest BCUT2D eigenvalue weighted by atomic mass is 15.0. The normalized spacial score (nSPS) is 12.5. The minimum Gasteiger partial charge on any atom is -0.333 e. The molecule has 0 fully saturated rings. The van der Waals surface area contributed by atoms with Gasteiger partial charge in [0, 0.05) is 19.8 Å². The van der Waals surface area contributed by atoms with Crippen molar-refractivity contribution in [3.8, 4) is 0 Å². The van der Waals surface area contributed by atoms with Crippen LogP contribution in [0.1, 0.15) is 32.3 Å². The largest absolute Gasteiger partial charge is 0.333 e. The van der Waals surface area contributed by atoms with Crippen molar-refractivity contribution < 1.29 is 0 Å². The van der Waals surface area contributed by atoms with Crippen LogP contribution >= 0.6 is 0 Å². The third kappa shape index (κ3) is 2.20. The van der Waals surface area contributed by atoms with Gasteiger partial charge >= 0.3 is 0 Å². The van der Waals surface area contributed by atoms with E-state index in [1.54, 1.807) is 0 Å². The monoisotopic (exact) mass is 178 g/mol. The van der Waals surface area contributed by atoms with E-state index >= 15 is 0 Å². The van der Waals surface area contributed by atoms with Gasteiger partial charge in [0.1, 0.15) is 5.49 Å². The molecule has 0 aliphatic heterocycles. The second-order valence-electron chi connectivity index (χ2n) is 3.48. The van der Waals surface area contributed by atoms with Gasteiger partial charge in [-0.25, -0.2) is 0 Å². The van der Waals surface area contributed by atoms with Gasteiger partial charge in [-0.1, -0.05) is 19.9 Å². The Morgan fingerprint density at radius 3 is 2.54 bits per heavy atom. The zero-order valence-corrected chi connectivity index (χ0v) is 8.91. The van der Waals surface area contributed by atoms with Crippen LogP contribution in [-0.2, 0) is 6.54 Å². The zero-order chi connectivity index (χ0) is 9.84. The first-order valence-corrected chi connectivity index (χ1v) is 4.82. The Morgan fingerprint density at radius 2 is 2.08 bits per heavy atom. The molecule has 0 atom stereocenters. The lowest BCUT2D eigenvalue weighted by Crippen LogP contribution is -2.19. The molecule has 0 saturated heterocycles. The highest BCUT2D eigenvalue weighted by molar-refractivity contribution is 5.13. The minimum absolute atomic E-state index is 0.587. The zero-order valence-electron chi connectivity index (χ0n) is 8.91. The molecule has 0 N–H and O–H groups in total. The number of nitrogens with zero attached hydrogens (tertiary/aromatic N) is 2. The molecular formula is C11H18N2. The first kappa shape index (κ1) is 10.0. The van der Waals surface area contributed by atoms with Crippen LogP contribution in [0.15, 0.2) is 23.3 Å². The van der Waals surface area contributed by atoms with Crippen molar-refractivity contribution in [2.45, 2.75) is 33.2 Å². The van der Waals surface area contributed by atoms with Crippen molar-refractivity contribution in [2.24, 2.45) is 4.99 Å². The molecule has 72 valence electrons. The first-order chi connectivity index (χ1) is 6.19. The number of aromatic nitrogens is 1. The number of aryl methyl sites for hydroxylation is 1. The Bertz CT molecular complexity index is 334. The molecular weight excluding hydrogens is 160 g/mol. The maximum atomic E-state index is 4.20. The summed E-state index contributed by atoms with van der Waals surface area (Å²) in [6.45, 7) is 7.53. The third-order valence-corrected chi connectivity index (χ3v) is 2.26. The highest BCUT2D eigenvalue weighted by Gasteiger charge is 1.99. The predicted octanol–water partition coefficient (Wildman–Crippen LogP) is 2.16. The van der Waals surface area contributed by atoms with Crippen LogP contribution in [0.25, 0.3) is 0 Å². The fraction of sp³-hybridized carbons (Fsp3) is 0.545. The summed E-state index contributed by atoms with van der Waals surface area (Å²) >= 11 is 0. The van der Waals surface area contributed by atoms with Gasteiger partial charge in [0.2, 0.25) is 0 Å². The summed E-state index contributed by atoms with van der Waals surface area (Å²) in [5, 5.41) is 0. The molecule has 2 heteroatoms. The van der Waals surface area contributed by atoms with E-state index in [2.05, 4.69) is 48.7 Å². The lowest BCUT2D eigenvalue weighted by atomic mass is 10.1. The maximum Gasteiger partial charge on any atom is 0.127 e. The molecule has 2 nitrogen and oxygen atoms in total. The molecule has 0 aromatic carbocycles. The van der Waals surface area contributed by atoms with Gasteiger partial charge in [-0.3, -0.25) is 4.99 Å². The molecule has 13 heavy (non-hydrogen) atoms. The summed E-state index contributed by atoms with van der Waals surface area (Å²) < 4.78 is 2.18. The molecule has 0 radical (unpaired) electrons. The maximum absolute atomic E-state index is 4.20. The number of pyridine rings is 1. The second-order valence-corrected chi connectivity index (χ2v) is 3.48. The fourth-order valence-electron chi connectivity index (χ4n) is 1.35. The third-order valence-electron chi connectivity index (χ3n) is 2.26. The Kier molecular flexibility index (Phi) is 3.29. The van der Waals surface area contributed by atoms with Gasteiger partial charge < -0.3 is 4.57 Å². The second kappa shape index (κ2) is 4.26. The SMILES string of the molecule is CCn1cc(C(C)C)cc/c1=N/C. The summed E-state index contributed by atoms with van der Waals surface area (Å²) in [7, 11) is 1.83. The average molecular weight is 178 g/mol. The van der Waals surface area contributed by atoms with Crippen LogP contribution in [0.4, 0.5) is 0 Å². The van der Waals surface area contributed by atoms with Crippen molar-refractivity contribution in [3.05, 3.63) is 29.4 Å². The van der Waals surface area contributed by atoms with E-state index in [-0.39, 0.29) is 0 Å². The molecule has 0 aliphatic rings. The van der Waals surface area contributed by atoms with E-state index in [4.69, 9.17) is 0 Å². The Morgan fingerprint density at radius 1 is 1.38 bits per heavy atom. The Balaban J connectivity index is 3.22. The number of hydrogen-bond donors (Lipinski definition) is 0. The van der Waals surface area contributed by atoms with Crippen LogP contribution in [0.5, 0.6) is 0 Å². The van der Waals surface area contributed by atoms with Crippen molar-refractivity contribution in [1.29, 1.82) is 0 Å². The van der Waals surface area contributed by atoms with E-state index in [9.17, 15) is 0 Å². The summed E-state index contributed by atoms with van der Waals surface area (Å²) in [4.78, 5) is 4.20. The number of rotatable bonds is 2. The molecule has 0 unspecified atom stereocenters. The van der Waals surface area contributed by atoms with Gasteiger partial charge in [-0.15, -0.1) is 0 Å². The van der Waals surface area contributed by atoms with Gasteiger partial charge in [0.05, 0.1) is 0 Å². The van der Waals surface area contributed by atoms with Crippen LogP contribution in [0, 0.1) is 0 Å². The van der Waals surface area contributed by atoms with Crippen LogP contribution < -0.4 is 5.49 Å². The quantitative estimate of drug-likeness (QED) is 0.660. The molecule has 1 rings (SSSR count). The molecule has 1 heterocycles. The standard InChI is InChI=1S/C11H18N2/c1-5-13-8-10(9(2)3)6-7-11(13)12-4/h6-9H,5H2,1-4H3/b12-11-. The summed E-state index contributed by atoms with van der Waals surface area (Å²) in [5.41, 5.74) is 2.42. The lowest BCUT2D eigenvalue weighted by Gasteiger charge is -2.09. The fourth-order valence-corrected chi connectivity index (χ4v) is 1.35. The van der Waals surface area contributed by atoms with Crippen LogP contribution in [0.3, 0.4) is 0 Å². The topological polar surface area (TPSA) is 17.3 Å². The Hall–Kier alpha value is -1.05. The molecule has 1 aromatic rings. The summed E-state index contributed by atoms with van der Waals surface area (Å²) in [6.07, 6.45) is 2.19.